The molecule has 8 aromatic carbocycles. The fourth-order valence-corrected chi connectivity index (χ4v) is 10.2. The maximum atomic E-state index is 5.48. The van der Waals surface area contributed by atoms with Gasteiger partial charge in [0.15, 0.2) is 0 Å². The Labute approximate surface area is 340 Å². The molecular weight excluding hydrogens is 703 g/mol. The minimum absolute atomic E-state index is 0.145. The quantitative estimate of drug-likeness (QED) is 0.184. The van der Waals surface area contributed by atoms with E-state index in [-0.39, 0.29) is 17.7 Å². The Bertz CT molecular complexity index is 2820. The van der Waals surface area contributed by atoms with Gasteiger partial charge in [-0.3, -0.25) is 5.32 Å². The van der Waals surface area contributed by atoms with Crippen molar-refractivity contribution < 1.29 is 0 Å². The lowest BCUT2D eigenvalue weighted by atomic mass is 9.55. The van der Waals surface area contributed by atoms with Crippen LogP contribution in [-0.4, -0.2) is 5.84 Å². The zero-order chi connectivity index (χ0) is 38.8. The lowest BCUT2D eigenvalue weighted by molar-refractivity contribution is 0.408. The molecule has 0 fully saturated rings. The summed E-state index contributed by atoms with van der Waals surface area (Å²) in [4.78, 5) is 5.48. The van der Waals surface area contributed by atoms with Crippen LogP contribution in [-0.2, 0) is 10.8 Å². The highest BCUT2D eigenvalue weighted by Gasteiger charge is 2.53. The number of rotatable bonds is 5. The number of hydrogen-bond donors (Lipinski definition) is 2. The van der Waals surface area contributed by atoms with E-state index in [2.05, 4.69) is 225 Å². The van der Waals surface area contributed by atoms with Crippen LogP contribution in [0.25, 0.3) is 33.4 Å². The third kappa shape index (κ3) is 5.20. The van der Waals surface area contributed by atoms with Crippen molar-refractivity contribution in [3.63, 3.8) is 0 Å². The SMILES string of the molecule is CC1(C)c2ccccc2C2(c3ccccc3-c3ccc(C4N=C(c5ccc(-c6ccccc6-c6ccccc6)cc5)NC(c5ccccc5)N4)cc32)c2ccccc21. The second-order valence-electron chi connectivity index (χ2n) is 16.3. The molecule has 0 radical (unpaired) electrons. The second kappa shape index (κ2) is 13.4. The fourth-order valence-electron chi connectivity index (χ4n) is 10.2. The summed E-state index contributed by atoms with van der Waals surface area (Å²) >= 11 is 0. The van der Waals surface area contributed by atoms with E-state index >= 15 is 0 Å². The van der Waals surface area contributed by atoms with E-state index in [0.717, 1.165) is 22.5 Å². The molecule has 3 heteroatoms. The number of nitrogens with zero attached hydrogens (tertiary/aromatic N) is 1. The summed E-state index contributed by atoms with van der Waals surface area (Å²) in [7, 11) is 0. The van der Waals surface area contributed by atoms with Crippen molar-refractivity contribution in [1.82, 2.24) is 10.6 Å². The van der Waals surface area contributed by atoms with Crippen molar-refractivity contribution in [2.24, 2.45) is 4.99 Å². The van der Waals surface area contributed by atoms with Crippen LogP contribution in [0.3, 0.4) is 0 Å². The third-order valence-corrected chi connectivity index (χ3v) is 12.9. The zero-order valence-electron chi connectivity index (χ0n) is 32.7. The Balaban J connectivity index is 1.06. The Morgan fingerprint density at radius 2 is 0.879 bits per heavy atom. The molecule has 0 saturated carbocycles. The van der Waals surface area contributed by atoms with Gasteiger partial charge in [-0.25, -0.2) is 4.99 Å². The Morgan fingerprint density at radius 1 is 0.397 bits per heavy atom. The summed E-state index contributed by atoms with van der Waals surface area (Å²) < 4.78 is 0. The van der Waals surface area contributed by atoms with E-state index in [9.17, 15) is 0 Å². The number of benzene rings is 8. The van der Waals surface area contributed by atoms with Gasteiger partial charge in [0.2, 0.25) is 0 Å². The summed E-state index contributed by atoms with van der Waals surface area (Å²) in [5.41, 5.74) is 18.3. The fraction of sp³-hybridized carbons (Fsp3) is 0.109. The first kappa shape index (κ1) is 34.4. The minimum Gasteiger partial charge on any atom is -0.350 e. The molecule has 2 N–H and O–H groups in total. The smallest absolute Gasteiger partial charge is 0.131 e. The monoisotopic (exact) mass is 745 g/mol. The molecule has 3 nitrogen and oxygen atoms in total. The van der Waals surface area contributed by atoms with Gasteiger partial charge in [-0.2, -0.15) is 0 Å². The van der Waals surface area contributed by atoms with Crippen LogP contribution in [0.15, 0.2) is 205 Å². The van der Waals surface area contributed by atoms with E-state index in [1.54, 1.807) is 0 Å². The molecule has 278 valence electrons. The van der Waals surface area contributed by atoms with Crippen molar-refractivity contribution >= 4 is 5.84 Å². The van der Waals surface area contributed by atoms with E-state index in [1.165, 1.54) is 66.8 Å². The molecule has 8 aromatic rings. The van der Waals surface area contributed by atoms with Crippen LogP contribution >= 0.6 is 0 Å². The van der Waals surface area contributed by atoms with E-state index in [0.29, 0.717) is 0 Å². The summed E-state index contributed by atoms with van der Waals surface area (Å²) in [6.07, 6.45) is -0.440. The van der Waals surface area contributed by atoms with Gasteiger partial charge < -0.3 is 5.32 Å². The van der Waals surface area contributed by atoms with Crippen molar-refractivity contribution in [2.75, 3.05) is 0 Å². The van der Waals surface area contributed by atoms with Crippen LogP contribution in [0.4, 0.5) is 0 Å². The number of hydrogen-bond acceptors (Lipinski definition) is 3. The highest BCUT2D eigenvalue weighted by atomic mass is 15.3. The molecule has 1 heterocycles. The Hall–Kier alpha value is -6.81. The molecule has 2 aliphatic carbocycles. The van der Waals surface area contributed by atoms with Crippen LogP contribution in [0.5, 0.6) is 0 Å². The number of amidine groups is 1. The highest BCUT2D eigenvalue weighted by molar-refractivity contribution is 6.00. The van der Waals surface area contributed by atoms with Crippen molar-refractivity contribution in [3.05, 3.63) is 250 Å². The van der Waals surface area contributed by atoms with Gasteiger partial charge in [-0.1, -0.05) is 214 Å². The lowest BCUT2D eigenvalue weighted by Gasteiger charge is -2.46. The zero-order valence-corrected chi connectivity index (χ0v) is 32.7. The molecule has 1 spiro atoms. The average molecular weight is 746 g/mol. The van der Waals surface area contributed by atoms with Gasteiger partial charge in [0.1, 0.15) is 18.2 Å². The molecule has 2 unspecified atom stereocenters. The topological polar surface area (TPSA) is 36.4 Å². The number of aliphatic imine (C=N–C) groups is 1. The van der Waals surface area contributed by atoms with Crippen LogP contribution in [0.2, 0.25) is 0 Å². The summed E-state index contributed by atoms with van der Waals surface area (Å²) in [5, 5.41) is 7.68. The molecule has 0 bridgehead atoms. The maximum absolute atomic E-state index is 5.48. The van der Waals surface area contributed by atoms with Gasteiger partial charge in [0.05, 0.1) is 5.41 Å². The second-order valence-corrected chi connectivity index (χ2v) is 16.3. The highest BCUT2D eigenvalue weighted by Crippen LogP contribution is 2.62. The van der Waals surface area contributed by atoms with Crippen molar-refractivity contribution in [3.8, 4) is 33.4 Å². The predicted octanol–water partition coefficient (Wildman–Crippen LogP) is 12.4. The van der Waals surface area contributed by atoms with Gasteiger partial charge in [0, 0.05) is 11.0 Å². The van der Waals surface area contributed by atoms with Crippen LogP contribution in [0.1, 0.15) is 76.3 Å². The standard InChI is InChI=1S/C55H43N3/c1-54(2)46-25-13-15-27-48(46)55(49-28-16-14-26-47(49)54)45-24-12-11-23-43(45)44-34-33-40(35-50(44)55)53-57-51(38-19-7-4-8-20-38)56-52(58-53)39-31-29-37(30-32-39)42-22-10-9-21-41(42)36-17-5-3-6-18-36/h3-35,51,53,57H,1-2H3,(H,56,58). The van der Waals surface area contributed by atoms with Crippen LogP contribution < -0.4 is 10.6 Å². The van der Waals surface area contributed by atoms with Crippen molar-refractivity contribution in [1.29, 1.82) is 0 Å². The molecule has 11 rings (SSSR count). The molecule has 0 amide bonds. The summed E-state index contributed by atoms with van der Waals surface area (Å²) in [5.74, 6) is 0.870. The van der Waals surface area contributed by atoms with E-state index < -0.39 is 5.41 Å². The largest absolute Gasteiger partial charge is 0.350 e. The molecule has 0 aromatic heterocycles. The lowest BCUT2D eigenvalue weighted by Crippen LogP contribution is -2.45. The van der Waals surface area contributed by atoms with Crippen molar-refractivity contribution in [2.45, 2.75) is 37.0 Å². The van der Waals surface area contributed by atoms with Crippen LogP contribution in [0, 0.1) is 0 Å². The van der Waals surface area contributed by atoms with Gasteiger partial charge in [-0.15, -0.1) is 0 Å². The minimum atomic E-state index is -0.463. The predicted molar refractivity (Wildman–Crippen MR) is 238 cm³/mol. The number of fused-ring (bicyclic) bond motifs is 9. The van der Waals surface area contributed by atoms with Gasteiger partial charge in [-0.05, 0) is 77.9 Å². The summed E-state index contributed by atoms with van der Waals surface area (Å²) in [6, 6.07) is 73.2. The van der Waals surface area contributed by atoms with E-state index in [4.69, 9.17) is 4.99 Å². The molecule has 0 saturated heterocycles. The third-order valence-electron chi connectivity index (χ3n) is 12.9. The van der Waals surface area contributed by atoms with Gasteiger partial charge >= 0.3 is 0 Å². The molecule has 2 atom stereocenters. The molecule has 1 aliphatic heterocycles. The van der Waals surface area contributed by atoms with Gasteiger partial charge in [0.25, 0.3) is 0 Å². The first-order chi connectivity index (χ1) is 28.5. The van der Waals surface area contributed by atoms with E-state index in [1.807, 2.05) is 0 Å². The number of nitrogens with one attached hydrogen (secondary N) is 2. The first-order valence-electron chi connectivity index (χ1n) is 20.4. The normalized spacial score (nSPS) is 17.9. The average Bonchev–Trinajstić information content (AvgIpc) is 3.59. The maximum Gasteiger partial charge on any atom is 0.131 e. The Morgan fingerprint density at radius 3 is 1.52 bits per heavy atom. The summed E-state index contributed by atoms with van der Waals surface area (Å²) in [6.45, 7) is 4.76. The first-order valence-corrected chi connectivity index (χ1v) is 20.4. The molecule has 3 aliphatic rings. The molecular formula is C55H43N3. The molecule has 58 heavy (non-hydrogen) atoms. The Kier molecular flexibility index (Phi) is 7.96.